The van der Waals surface area contributed by atoms with Gasteiger partial charge in [-0.15, -0.1) is 0 Å². The van der Waals surface area contributed by atoms with Crippen LogP contribution in [0.2, 0.25) is 0 Å². The van der Waals surface area contributed by atoms with Crippen molar-refractivity contribution in [2.24, 2.45) is 5.73 Å². The SMILES string of the molecule is Cc1ccc2c(-c3ccccc3[C@@H](N)Cc3nc(C#N)ccc3F)noc2c1. The fourth-order valence-electron chi connectivity index (χ4n) is 3.28. The third-order valence-corrected chi connectivity index (χ3v) is 4.69. The number of hydrogen-bond donors (Lipinski definition) is 1. The fourth-order valence-corrected chi connectivity index (χ4v) is 3.28. The second kappa shape index (κ2) is 7.22. The van der Waals surface area contributed by atoms with Crippen LogP contribution in [0, 0.1) is 24.1 Å². The Morgan fingerprint density at radius 2 is 2.00 bits per heavy atom. The highest BCUT2D eigenvalue weighted by Gasteiger charge is 2.19. The quantitative estimate of drug-likeness (QED) is 0.572. The van der Waals surface area contributed by atoms with Gasteiger partial charge in [-0.05, 0) is 42.3 Å². The van der Waals surface area contributed by atoms with E-state index in [0.29, 0.717) is 11.3 Å². The predicted octanol–water partition coefficient (Wildman–Crippen LogP) is 4.45. The van der Waals surface area contributed by atoms with E-state index in [9.17, 15) is 4.39 Å². The first-order valence-electron chi connectivity index (χ1n) is 8.83. The molecule has 0 fully saturated rings. The maximum atomic E-state index is 14.1. The molecular formula is C22H17FN4O. The van der Waals surface area contributed by atoms with Crippen LogP contribution in [-0.4, -0.2) is 10.1 Å². The van der Waals surface area contributed by atoms with Crippen molar-refractivity contribution in [1.29, 1.82) is 5.26 Å². The van der Waals surface area contributed by atoms with Gasteiger partial charge in [0.15, 0.2) is 5.58 Å². The number of hydrogen-bond acceptors (Lipinski definition) is 5. The van der Waals surface area contributed by atoms with Crippen LogP contribution in [0.25, 0.3) is 22.2 Å². The molecule has 5 nitrogen and oxygen atoms in total. The van der Waals surface area contributed by atoms with E-state index in [0.717, 1.165) is 22.1 Å². The van der Waals surface area contributed by atoms with Crippen LogP contribution in [0.3, 0.4) is 0 Å². The summed E-state index contributed by atoms with van der Waals surface area (Å²) in [5, 5.41) is 14.1. The lowest BCUT2D eigenvalue weighted by atomic mass is 9.94. The third-order valence-electron chi connectivity index (χ3n) is 4.69. The van der Waals surface area contributed by atoms with Crippen molar-refractivity contribution in [1.82, 2.24) is 10.1 Å². The molecule has 0 saturated carbocycles. The molecule has 1 atom stereocenters. The first-order chi connectivity index (χ1) is 13.6. The van der Waals surface area contributed by atoms with E-state index in [2.05, 4.69) is 10.1 Å². The number of nitrogens with two attached hydrogens (primary N) is 1. The number of aryl methyl sites for hydroxylation is 1. The topological polar surface area (TPSA) is 88.7 Å². The predicted molar refractivity (Wildman–Crippen MR) is 104 cm³/mol. The van der Waals surface area contributed by atoms with E-state index < -0.39 is 11.9 Å². The number of benzene rings is 2. The summed E-state index contributed by atoms with van der Waals surface area (Å²) in [4.78, 5) is 4.06. The van der Waals surface area contributed by atoms with Gasteiger partial charge in [0.1, 0.15) is 23.3 Å². The highest BCUT2D eigenvalue weighted by molar-refractivity contribution is 5.92. The summed E-state index contributed by atoms with van der Waals surface area (Å²) >= 11 is 0. The lowest BCUT2D eigenvalue weighted by molar-refractivity contribution is 0.459. The average molecular weight is 372 g/mol. The van der Waals surface area contributed by atoms with Gasteiger partial charge in [-0.1, -0.05) is 35.5 Å². The highest BCUT2D eigenvalue weighted by Crippen LogP contribution is 2.33. The number of aromatic nitrogens is 2. The maximum Gasteiger partial charge on any atom is 0.167 e. The van der Waals surface area contributed by atoms with Gasteiger partial charge < -0.3 is 10.3 Å². The summed E-state index contributed by atoms with van der Waals surface area (Å²) in [5.74, 6) is -0.478. The van der Waals surface area contributed by atoms with E-state index in [4.69, 9.17) is 15.5 Å². The van der Waals surface area contributed by atoms with Crippen LogP contribution in [-0.2, 0) is 6.42 Å². The molecule has 2 aromatic carbocycles. The Bertz CT molecular complexity index is 1210. The first-order valence-corrected chi connectivity index (χ1v) is 8.83. The number of halogens is 1. The molecule has 4 rings (SSSR count). The Hall–Kier alpha value is -3.56. The van der Waals surface area contributed by atoms with Crippen molar-refractivity contribution < 1.29 is 8.91 Å². The number of nitrogens with zero attached hydrogens (tertiary/aromatic N) is 3. The summed E-state index contributed by atoms with van der Waals surface area (Å²) in [6.45, 7) is 1.99. The lowest BCUT2D eigenvalue weighted by Gasteiger charge is -2.16. The summed E-state index contributed by atoms with van der Waals surface area (Å²) in [7, 11) is 0. The van der Waals surface area contributed by atoms with Crippen molar-refractivity contribution in [3.8, 4) is 17.3 Å². The molecule has 28 heavy (non-hydrogen) atoms. The maximum absolute atomic E-state index is 14.1. The van der Waals surface area contributed by atoms with Crippen molar-refractivity contribution in [2.75, 3.05) is 0 Å². The molecule has 0 aliphatic carbocycles. The third kappa shape index (κ3) is 3.24. The van der Waals surface area contributed by atoms with Gasteiger partial charge in [0, 0.05) is 23.4 Å². The van der Waals surface area contributed by atoms with Crippen molar-refractivity contribution in [3.05, 3.63) is 82.9 Å². The van der Waals surface area contributed by atoms with E-state index in [1.165, 1.54) is 12.1 Å². The van der Waals surface area contributed by atoms with Gasteiger partial charge >= 0.3 is 0 Å². The zero-order chi connectivity index (χ0) is 19.7. The van der Waals surface area contributed by atoms with Crippen molar-refractivity contribution >= 4 is 11.0 Å². The number of pyridine rings is 1. The van der Waals surface area contributed by atoms with E-state index in [1.807, 2.05) is 55.5 Å². The second-order valence-electron chi connectivity index (χ2n) is 6.67. The van der Waals surface area contributed by atoms with Gasteiger partial charge in [-0.3, -0.25) is 0 Å². The largest absolute Gasteiger partial charge is 0.356 e. The van der Waals surface area contributed by atoms with Gasteiger partial charge in [-0.2, -0.15) is 5.26 Å². The van der Waals surface area contributed by atoms with E-state index in [1.54, 1.807) is 0 Å². The van der Waals surface area contributed by atoms with Crippen LogP contribution < -0.4 is 5.73 Å². The normalized spacial score (nSPS) is 12.1. The van der Waals surface area contributed by atoms with Gasteiger partial charge in [0.2, 0.25) is 0 Å². The highest BCUT2D eigenvalue weighted by atomic mass is 19.1. The van der Waals surface area contributed by atoms with Crippen LogP contribution in [0.1, 0.15) is 28.6 Å². The van der Waals surface area contributed by atoms with Crippen molar-refractivity contribution in [2.45, 2.75) is 19.4 Å². The molecule has 0 saturated heterocycles. The molecule has 0 aliphatic rings. The standard InChI is InChI=1S/C22H17FN4O/c1-13-6-8-17-21(10-13)28-27-22(17)16-5-3-2-4-15(16)19(25)11-20-18(23)9-7-14(12-24)26-20/h2-10,19H,11,25H2,1H3/t19-/m0/s1. The van der Waals surface area contributed by atoms with Gasteiger partial charge in [0.25, 0.3) is 0 Å². The minimum absolute atomic E-state index is 0.160. The second-order valence-corrected chi connectivity index (χ2v) is 6.67. The summed E-state index contributed by atoms with van der Waals surface area (Å²) in [6.07, 6.45) is 0.160. The number of rotatable bonds is 4. The Kier molecular flexibility index (Phi) is 4.60. The average Bonchev–Trinajstić information content (AvgIpc) is 3.12. The van der Waals surface area contributed by atoms with Crippen LogP contribution >= 0.6 is 0 Å². The lowest BCUT2D eigenvalue weighted by Crippen LogP contribution is -2.16. The number of fused-ring (bicyclic) bond motifs is 1. The first kappa shape index (κ1) is 17.8. The summed E-state index contributed by atoms with van der Waals surface area (Å²) in [6, 6.07) is 17.5. The van der Waals surface area contributed by atoms with Crippen molar-refractivity contribution in [3.63, 3.8) is 0 Å². The molecule has 4 aromatic rings. The molecule has 0 amide bonds. The van der Waals surface area contributed by atoms with Crippen LogP contribution in [0.15, 0.2) is 59.1 Å². The Morgan fingerprint density at radius 3 is 2.82 bits per heavy atom. The molecule has 6 heteroatoms. The molecule has 138 valence electrons. The summed E-state index contributed by atoms with van der Waals surface area (Å²) in [5.41, 5.74) is 10.9. The van der Waals surface area contributed by atoms with Crippen LogP contribution in [0.4, 0.5) is 4.39 Å². The number of nitriles is 1. The Morgan fingerprint density at radius 1 is 1.18 bits per heavy atom. The smallest absolute Gasteiger partial charge is 0.167 e. The van der Waals surface area contributed by atoms with Gasteiger partial charge in [-0.25, -0.2) is 9.37 Å². The molecule has 2 N–H and O–H groups in total. The monoisotopic (exact) mass is 372 g/mol. The van der Waals surface area contributed by atoms with E-state index in [-0.39, 0.29) is 17.8 Å². The minimum Gasteiger partial charge on any atom is -0.356 e. The Balaban J connectivity index is 1.74. The fraction of sp³-hybridized carbons (Fsp3) is 0.136. The zero-order valence-corrected chi connectivity index (χ0v) is 15.2. The molecular weight excluding hydrogens is 355 g/mol. The molecule has 0 spiro atoms. The molecule has 0 radical (unpaired) electrons. The molecule has 0 bridgehead atoms. The Labute approximate surface area is 161 Å². The van der Waals surface area contributed by atoms with E-state index >= 15 is 0 Å². The van der Waals surface area contributed by atoms with Gasteiger partial charge in [0.05, 0.1) is 5.69 Å². The summed E-state index contributed by atoms with van der Waals surface area (Å²) < 4.78 is 19.6. The zero-order valence-electron chi connectivity index (χ0n) is 15.2. The van der Waals surface area contributed by atoms with Crippen LogP contribution in [0.5, 0.6) is 0 Å². The molecule has 0 unspecified atom stereocenters. The molecule has 2 heterocycles. The molecule has 0 aliphatic heterocycles. The molecule has 2 aromatic heterocycles. The minimum atomic E-state index is -0.524.